The van der Waals surface area contributed by atoms with Gasteiger partial charge in [-0.25, -0.2) is 4.98 Å². The molecule has 0 bridgehead atoms. The highest BCUT2D eigenvalue weighted by Crippen LogP contribution is 2.07. The van der Waals surface area contributed by atoms with Gasteiger partial charge in [0, 0.05) is 24.9 Å². The Morgan fingerprint density at radius 3 is 3.00 bits per heavy atom. The van der Waals surface area contributed by atoms with Crippen LogP contribution in [0.15, 0.2) is 22.9 Å². The summed E-state index contributed by atoms with van der Waals surface area (Å²) in [7, 11) is 0. The third kappa shape index (κ3) is 5.79. The van der Waals surface area contributed by atoms with Crippen LogP contribution in [0.4, 0.5) is 0 Å². The fourth-order valence-corrected chi connectivity index (χ4v) is 1.57. The van der Waals surface area contributed by atoms with E-state index in [1.165, 1.54) is 0 Å². The van der Waals surface area contributed by atoms with Gasteiger partial charge < -0.3 is 10.1 Å². The van der Waals surface area contributed by atoms with Crippen molar-refractivity contribution in [2.45, 2.75) is 13.8 Å². The van der Waals surface area contributed by atoms with E-state index >= 15 is 0 Å². The molecule has 0 aliphatic carbocycles. The van der Waals surface area contributed by atoms with E-state index in [0.29, 0.717) is 29.2 Å². The van der Waals surface area contributed by atoms with Gasteiger partial charge in [0.05, 0.1) is 6.61 Å². The number of rotatable bonds is 6. The van der Waals surface area contributed by atoms with E-state index in [2.05, 4.69) is 40.1 Å². The Bertz CT molecular complexity index is 369. The van der Waals surface area contributed by atoms with E-state index in [1.807, 2.05) is 0 Å². The monoisotopic (exact) mass is 300 g/mol. The smallest absolute Gasteiger partial charge is 0.251 e. The number of carbonyl (C=O) groups is 1. The normalized spacial score (nSPS) is 10.6. The number of carbonyl (C=O) groups excluding carboxylic acids is 1. The zero-order valence-corrected chi connectivity index (χ0v) is 11.7. The predicted molar refractivity (Wildman–Crippen MR) is 69.9 cm³/mol. The third-order valence-corrected chi connectivity index (χ3v) is 2.41. The fourth-order valence-electron chi connectivity index (χ4n) is 1.20. The van der Waals surface area contributed by atoms with Crippen LogP contribution in [0, 0.1) is 5.92 Å². The molecular formula is C12H17BrN2O2. The van der Waals surface area contributed by atoms with Crippen LogP contribution in [0.1, 0.15) is 24.2 Å². The van der Waals surface area contributed by atoms with Gasteiger partial charge in [0.1, 0.15) is 4.60 Å². The summed E-state index contributed by atoms with van der Waals surface area (Å²) in [5, 5.41) is 2.79. The molecule has 0 aliphatic heterocycles. The van der Waals surface area contributed by atoms with Crippen LogP contribution in [0.5, 0.6) is 0 Å². The van der Waals surface area contributed by atoms with Crippen LogP contribution >= 0.6 is 15.9 Å². The first kappa shape index (κ1) is 14.1. The van der Waals surface area contributed by atoms with Crippen molar-refractivity contribution in [3.8, 4) is 0 Å². The summed E-state index contributed by atoms with van der Waals surface area (Å²) < 4.78 is 6.02. The summed E-state index contributed by atoms with van der Waals surface area (Å²) >= 11 is 3.22. The molecule has 1 heterocycles. The molecule has 1 amide bonds. The highest BCUT2D eigenvalue weighted by atomic mass is 79.9. The van der Waals surface area contributed by atoms with Gasteiger partial charge >= 0.3 is 0 Å². The number of nitrogens with one attached hydrogen (secondary N) is 1. The molecule has 0 fully saturated rings. The van der Waals surface area contributed by atoms with Crippen molar-refractivity contribution in [3.63, 3.8) is 0 Å². The van der Waals surface area contributed by atoms with E-state index in [0.717, 1.165) is 6.61 Å². The van der Waals surface area contributed by atoms with Crippen molar-refractivity contribution in [2.75, 3.05) is 19.8 Å². The molecule has 1 aromatic rings. The molecule has 5 heteroatoms. The van der Waals surface area contributed by atoms with Gasteiger partial charge in [-0.2, -0.15) is 0 Å². The molecule has 1 aromatic heterocycles. The molecule has 0 aromatic carbocycles. The summed E-state index contributed by atoms with van der Waals surface area (Å²) in [6.07, 6.45) is 1.59. The van der Waals surface area contributed by atoms with Crippen LogP contribution in [0.2, 0.25) is 0 Å². The van der Waals surface area contributed by atoms with Gasteiger partial charge in [0.15, 0.2) is 0 Å². The van der Waals surface area contributed by atoms with Gasteiger partial charge in [-0.15, -0.1) is 0 Å². The molecule has 0 aliphatic rings. The Labute approximate surface area is 110 Å². The summed E-state index contributed by atoms with van der Waals surface area (Å²) in [5.41, 5.74) is 0.593. The Kier molecular flexibility index (Phi) is 6.15. The Morgan fingerprint density at radius 1 is 1.59 bits per heavy atom. The van der Waals surface area contributed by atoms with Gasteiger partial charge in [0.2, 0.25) is 0 Å². The van der Waals surface area contributed by atoms with Gasteiger partial charge in [-0.05, 0) is 34.0 Å². The van der Waals surface area contributed by atoms with Crippen LogP contribution in [-0.4, -0.2) is 30.6 Å². The highest BCUT2D eigenvalue weighted by molar-refractivity contribution is 9.10. The van der Waals surface area contributed by atoms with Gasteiger partial charge in [0.25, 0.3) is 5.91 Å². The maximum absolute atomic E-state index is 11.7. The second-order valence-corrected chi connectivity index (χ2v) is 4.90. The van der Waals surface area contributed by atoms with Crippen molar-refractivity contribution in [3.05, 3.63) is 28.5 Å². The van der Waals surface area contributed by atoms with Gasteiger partial charge in [-0.3, -0.25) is 4.79 Å². The van der Waals surface area contributed by atoms with Crippen molar-refractivity contribution >= 4 is 21.8 Å². The molecule has 1 rings (SSSR count). The molecule has 1 N–H and O–H groups in total. The minimum absolute atomic E-state index is 0.110. The highest BCUT2D eigenvalue weighted by Gasteiger charge is 2.05. The molecule has 0 saturated heterocycles. The minimum atomic E-state index is -0.110. The lowest BCUT2D eigenvalue weighted by Gasteiger charge is -2.08. The maximum Gasteiger partial charge on any atom is 0.251 e. The zero-order valence-electron chi connectivity index (χ0n) is 10.1. The molecule has 94 valence electrons. The van der Waals surface area contributed by atoms with E-state index in [9.17, 15) is 4.79 Å². The number of amides is 1. The van der Waals surface area contributed by atoms with E-state index in [1.54, 1.807) is 18.3 Å². The fraction of sp³-hybridized carbons (Fsp3) is 0.500. The van der Waals surface area contributed by atoms with Crippen LogP contribution in [0.3, 0.4) is 0 Å². The van der Waals surface area contributed by atoms with Gasteiger partial charge in [-0.1, -0.05) is 13.8 Å². The Hall–Kier alpha value is -0.940. The molecule has 17 heavy (non-hydrogen) atoms. The van der Waals surface area contributed by atoms with Crippen molar-refractivity contribution in [1.82, 2.24) is 10.3 Å². The topological polar surface area (TPSA) is 51.2 Å². The lowest BCUT2D eigenvalue weighted by atomic mass is 10.2. The largest absolute Gasteiger partial charge is 0.379 e. The number of halogens is 1. The van der Waals surface area contributed by atoms with Crippen LogP contribution < -0.4 is 5.32 Å². The summed E-state index contributed by atoms with van der Waals surface area (Å²) in [6.45, 7) is 5.96. The second-order valence-electron chi connectivity index (χ2n) is 4.09. The average Bonchev–Trinajstić information content (AvgIpc) is 2.28. The maximum atomic E-state index is 11.7. The molecule has 0 spiro atoms. The first-order valence-electron chi connectivity index (χ1n) is 5.57. The molecule has 4 nitrogen and oxygen atoms in total. The van der Waals surface area contributed by atoms with Crippen molar-refractivity contribution in [2.24, 2.45) is 5.92 Å². The molecule has 0 unspecified atom stereocenters. The van der Waals surface area contributed by atoms with Crippen LogP contribution in [0.25, 0.3) is 0 Å². The lowest BCUT2D eigenvalue weighted by molar-refractivity contribution is 0.0886. The van der Waals surface area contributed by atoms with E-state index in [4.69, 9.17) is 4.74 Å². The quantitative estimate of drug-likeness (QED) is 0.647. The summed E-state index contributed by atoms with van der Waals surface area (Å²) in [5.74, 6) is 0.406. The number of ether oxygens (including phenoxy) is 1. The Balaban J connectivity index is 2.26. The first-order chi connectivity index (χ1) is 8.09. The Morgan fingerprint density at radius 2 is 2.35 bits per heavy atom. The number of pyridine rings is 1. The van der Waals surface area contributed by atoms with Crippen LogP contribution in [-0.2, 0) is 4.74 Å². The summed E-state index contributed by atoms with van der Waals surface area (Å²) in [4.78, 5) is 15.6. The SMILES string of the molecule is CC(C)COCCNC(=O)c1ccnc(Br)c1. The molecule has 0 radical (unpaired) electrons. The minimum Gasteiger partial charge on any atom is -0.379 e. The van der Waals surface area contributed by atoms with Crippen molar-refractivity contribution in [1.29, 1.82) is 0 Å². The predicted octanol–water partition coefficient (Wildman–Crippen LogP) is 2.25. The molecular weight excluding hydrogens is 284 g/mol. The lowest BCUT2D eigenvalue weighted by Crippen LogP contribution is -2.27. The number of hydrogen-bond acceptors (Lipinski definition) is 3. The third-order valence-electron chi connectivity index (χ3n) is 1.97. The zero-order chi connectivity index (χ0) is 12.7. The number of nitrogens with zero attached hydrogens (tertiary/aromatic N) is 1. The molecule has 0 saturated carbocycles. The van der Waals surface area contributed by atoms with E-state index < -0.39 is 0 Å². The van der Waals surface area contributed by atoms with Crippen molar-refractivity contribution < 1.29 is 9.53 Å². The summed E-state index contributed by atoms with van der Waals surface area (Å²) in [6, 6.07) is 3.36. The average molecular weight is 301 g/mol. The van der Waals surface area contributed by atoms with E-state index in [-0.39, 0.29) is 5.91 Å². The standard InChI is InChI=1S/C12H17BrN2O2/c1-9(2)8-17-6-5-15-12(16)10-3-4-14-11(13)7-10/h3-4,7,9H,5-6,8H2,1-2H3,(H,15,16). The number of hydrogen-bond donors (Lipinski definition) is 1. The second kappa shape index (κ2) is 7.40. The first-order valence-corrected chi connectivity index (χ1v) is 6.36. The molecule has 0 atom stereocenters. The number of aromatic nitrogens is 1.